The van der Waals surface area contributed by atoms with Crippen LogP contribution in [0.2, 0.25) is 10.0 Å². The number of anilines is 1. The molecule has 116 valence electrons. The van der Waals surface area contributed by atoms with Crippen LogP contribution in [-0.2, 0) is 9.59 Å². The molecular formula is C16H9Cl2IN2O2. The maximum atomic E-state index is 12.5. The first kappa shape index (κ1) is 16.3. The summed E-state index contributed by atoms with van der Waals surface area (Å²) in [7, 11) is 0. The van der Waals surface area contributed by atoms with Gasteiger partial charge in [-0.05, 0) is 70.6 Å². The van der Waals surface area contributed by atoms with Crippen LogP contribution in [-0.4, -0.2) is 11.8 Å². The molecule has 1 N–H and O–H groups in total. The monoisotopic (exact) mass is 458 g/mol. The zero-order chi connectivity index (χ0) is 16.6. The third-order valence-electron chi connectivity index (χ3n) is 3.24. The molecule has 0 radical (unpaired) electrons. The molecule has 0 unspecified atom stereocenters. The van der Waals surface area contributed by atoms with Crippen LogP contribution in [0, 0.1) is 3.57 Å². The second kappa shape index (κ2) is 6.51. The van der Waals surface area contributed by atoms with E-state index in [0.29, 0.717) is 21.3 Å². The number of benzene rings is 2. The summed E-state index contributed by atoms with van der Waals surface area (Å²) in [5.41, 5.74) is 3.71. The molecule has 2 aromatic carbocycles. The summed E-state index contributed by atoms with van der Waals surface area (Å²) in [6.07, 6.45) is 1.46. The van der Waals surface area contributed by atoms with Gasteiger partial charge in [-0.25, -0.2) is 5.01 Å². The number of nitrogens with zero attached hydrogens (tertiary/aromatic N) is 1. The highest BCUT2D eigenvalue weighted by Gasteiger charge is 2.34. The molecule has 0 aromatic heterocycles. The first-order valence-electron chi connectivity index (χ1n) is 6.53. The largest absolute Gasteiger partial charge is 0.282 e. The molecule has 7 heteroatoms. The molecule has 23 heavy (non-hydrogen) atoms. The molecule has 0 saturated carbocycles. The van der Waals surface area contributed by atoms with E-state index in [2.05, 4.69) is 28.0 Å². The fourth-order valence-electron chi connectivity index (χ4n) is 2.10. The van der Waals surface area contributed by atoms with Crippen molar-refractivity contribution in [1.82, 2.24) is 5.43 Å². The van der Waals surface area contributed by atoms with Crippen molar-refractivity contribution in [3.8, 4) is 0 Å². The van der Waals surface area contributed by atoms with E-state index in [9.17, 15) is 9.59 Å². The third kappa shape index (κ3) is 3.36. The number of carbonyl (C=O) groups is 2. The number of amides is 2. The molecule has 0 atom stereocenters. The molecule has 1 aliphatic rings. The molecule has 1 saturated heterocycles. The Bertz CT molecular complexity index is 834. The van der Waals surface area contributed by atoms with Crippen LogP contribution in [0.4, 0.5) is 5.69 Å². The normalized spacial score (nSPS) is 16.1. The van der Waals surface area contributed by atoms with E-state index in [-0.39, 0.29) is 5.57 Å². The van der Waals surface area contributed by atoms with Gasteiger partial charge in [0, 0.05) is 13.6 Å². The standard InChI is InChI=1S/C16H9Cl2IN2O2/c17-10-2-1-9(14(18)8-10)7-13-15(22)20-21(16(13)23)12-5-3-11(19)4-6-12/h1-8H,(H,20,22)/b13-7+. The smallest absolute Gasteiger partial charge is 0.267 e. The number of carbonyl (C=O) groups excluding carboxylic acids is 2. The van der Waals surface area contributed by atoms with Gasteiger partial charge in [-0.15, -0.1) is 0 Å². The van der Waals surface area contributed by atoms with E-state index in [4.69, 9.17) is 23.2 Å². The average Bonchev–Trinajstić information content (AvgIpc) is 2.78. The predicted octanol–water partition coefficient (Wildman–Crippen LogP) is 4.06. The zero-order valence-corrected chi connectivity index (χ0v) is 15.2. The van der Waals surface area contributed by atoms with E-state index in [0.717, 1.165) is 3.57 Å². The Kier molecular flexibility index (Phi) is 4.61. The van der Waals surface area contributed by atoms with Crippen LogP contribution in [0.3, 0.4) is 0 Å². The molecular weight excluding hydrogens is 450 g/mol. The maximum absolute atomic E-state index is 12.5. The average molecular weight is 459 g/mol. The van der Waals surface area contributed by atoms with Crippen molar-refractivity contribution < 1.29 is 9.59 Å². The molecule has 0 bridgehead atoms. The summed E-state index contributed by atoms with van der Waals surface area (Å²) in [6.45, 7) is 0. The van der Waals surface area contributed by atoms with Gasteiger partial charge in [-0.2, -0.15) is 0 Å². The van der Waals surface area contributed by atoms with Gasteiger partial charge in [-0.3, -0.25) is 15.0 Å². The number of halogens is 3. The second-order valence-electron chi connectivity index (χ2n) is 4.78. The lowest BCUT2D eigenvalue weighted by atomic mass is 10.1. The Balaban J connectivity index is 1.95. The van der Waals surface area contributed by atoms with E-state index >= 15 is 0 Å². The molecule has 0 spiro atoms. The van der Waals surface area contributed by atoms with Crippen molar-refractivity contribution >= 4 is 69.4 Å². The molecule has 2 aromatic rings. The van der Waals surface area contributed by atoms with Gasteiger partial charge in [0.05, 0.1) is 5.69 Å². The van der Waals surface area contributed by atoms with Crippen molar-refractivity contribution in [3.05, 3.63) is 67.2 Å². The topological polar surface area (TPSA) is 49.4 Å². The van der Waals surface area contributed by atoms with Crippen molar-refractivity contribution in [1.29, 1.82) is 0 Å². The summed E-state index contributed by atoms with van der Waals surface area (Å²) < 4.78 is 1.04. The Labute approximate surface area is 156 Å². The predicted molar refractivity (Wildman–Crippen MR) is 99.2 cm³/mol. The summed E-state index contributed by atoms with van der Waals surface area (Å²) in [5, 5.41) is 2.08. The van der Waals surface area contributed by atoms with Crippen molar-refractivity contribution in [2.75, 3.05) is 5.01 Å². The van der Waals surface area contributed by atoms with Crippen molar-refractivity contribution in [3.63, 3.8) is 0 Å². The minimum Gasteiger partial charge on any atom is -0.267 e. The molecule has 1 aliphatic heterocycles. The minimum absolute atomic E-state index is 0.0211. The molecule has 1 fully saturated rings. The summed E-state index contributed by atoms with van der Waals surface area (Å²) >= 11 is 14.1. The van der Waals surface area contributed by atoms with Gasteiger partial charge < -0.3 is 0 Å². The molecule has 0 aliphatic carbocycles. The first-order chi connectivity index (χ1) is 11.0. The number of hydrazine groups is 1. The van der Waals surface area contributed by atoms with Gasteiger partial charge in [-0.1, -0.05) is 29.3 Å². The second-order valence-corrected chi connectivity index (χ2v) is 6.87. The SMILES string of the molecule is O=C1NN(c2ccc(I)cc2)C(=O)/C1=C/c1ccc(Cl)cc1Cl. The quantitative estimate of drug-likeness (QED) is 0.419. The van der Waals surface area contributed by atoms with Crippen LogP contribution in [0.15, 0.2) is 48.0 Å². The van der Waals surface area contributed by atoms with Gasteiger partial charge in [0.25, 0.3) is 11.8 Å². The Hall–Kier alpha value is -1.57. The third-order valence-corrected chi connectivity index (χ3v) is 4.52. The van der Waals surface area contributed by atoms with Crippen LogP contribution < -0.4 is 10.4 Å². The summed E-state index contributed by atoms with van der Waals surface area (Å²) in [4.78, 5) is 24.6. The summed E-state index contributed by atoms with van der Waals surface area (Å²) in [5.74, 6) is -0.901. The number of rotatable bonds is 2. The molecule has 2 amide bonds. The highest BCUT2D eigenvalue weighted by atomic mass is 127. The highest BCUT2D eigenvalue weighted by molar-refractivity contribution is 14.1. The lowest BCUT2D eigenvalue weighted by molar-refractivity contribution is -0.117. The fourth-order valence-corrected chi connectivity index (χ4v) is 2.93. The van der Waals surface area contributed by atoms with Gasteiger partial charge in [0.15, 0.2) is 0 Å². The van der Waals surface area contributed by atoms with Crippen LogP contribution in [0.1, 0.15) is 5.56 Å². The minimum atomic E-state index is -0.473. The van der Waals surface area contributed by atoms with Crippen molar-refractivity contribution in [2.45, 2.75) is 0 Å². The van der Waals surface area contributed by atoms with E-state index < -0.39 is 11.8 Å². The van der Waals surface area contributed by atoms with E-state index in [1.807, 2.05) is 12.1 Å². The highest BCUT2D eigenvalue weighted by Crippen LogP contribution is 2.26. The van der Waals surface area contributed by atoms with Crippen LogP contribution >= 0.6 is 45.8 Å². The Morgan fingerprint density at radius 2 is 1.74 bits per heavy atom. The zero-order valence-electron chi connectivity index (χ0n) is 11.5. The maximum Gasteiger partial charge on any atom is 0.282 e. The van der Waals surface area contributed by atoms with E-state index in [1.54, 1.807) is 30.3 Å². The Morgan fingerprint density at radius 1 is 1.04 bits per heavy atom. The fraction of sp³-hybridized carbons (Fsp3) is 0. The number of nitrogens with one attached hydrogen (secondary N) is 1. The van der Waals surface area contributed by atoms with E-state index in [1.165, 1.54) is 11.1 Å². The lowest BCUT2D eigenvalue weighted by Crippen LogP contribution is -2.35. The molecule has 3 rings (SSSR count). The summed E-state index contributed by atoms with van der Waals surface area (Å²) in [6, 6.07) is 12.1. The van der Waals surface area contributed by atoms with Gasteiger partial charge in [0.2, 0.25) is 0 Å². The first-order valence-corrected chi connectivity index (χ1v) is 8.37. The van der Waals surface area contributed by atoms with Crippen molar-refractivity contribution in [2.24, 2.45) is 0 Å². The Morgan fingerprint density at radius 3 is 2.39 bits per heavy atom. The molecule has 1 heterocycles. The van der Waals surface area contributed by atoms with Crippen LogP contribution in [0.5, 0.6) is 0 Å². The van der Waals surface area contributed by atoms with Crippen LogP contribution in [0.25, 0.3) is 6.08 Å². The number of hydrogen-bond acceptors (Lipinski definition) is 2. The lowest BCUT2D eigenvalue weighted by Gasteiger charge is -2.14. The molecule has 4 nitrogen and oxygen atoms in total. The number of hydrogen-bond donors (Lipinski definition) is 1. The van der Waals surface area contributed by atoms with Gasteiger partial charge in [0.1, 0.15) is 5.57 Å². The van der Waals surface area contributed by atoms with Gasteiger partial charge >= 0.3 is 0 Å².